The first-order chi connectivity index (χ1) is 9.93. The molecule has 0 aliphatic rings. The summed E-state index contributed by atoms with van der Waals surface area (Å²) >= 11 is 12.5. The Morgan fingerprint density at radius 1 is 1.19 bits per heavy atom. The fourth-order valence-corrected chi connectivity index (χ4v) is 3.72. The molecule has 0 heterocycles. The van der Waals surface area contributed by atoms with E-state index in [2.05, 4.69) is 31.9 Å². The molecule has 0 saturated heterocycles. The molecule has 0 bridgehead atoms. The van der Waals surface area contributed by atoms with Gasteiger partial charge in [-0.05, 0) is 35.4 Å². The number of halogens is 4. The standard InChI is InChI=1S/C15H13Br2ClFNO/c16-9-4-8(5-10(17)6-9)15(21)12(7-20)11-2-1-3-13(18)14(11)19/h1-6,12,15,21H,7,20H2. The van der Waals surface area contributed by atoms with Crippen molar-refractivity contribution in [1.82, 2.24) is 0 Å². The van der Waals surface area contributed by atoms with Crippen LogP contribution in [0, 0.1) is 5.82 Å². The van der Waals surface area contributed by atoms with Crippen molar-refractivity contribution >= 4 is 43.5 Å². The van der Waals surface area contributed by atoms with Crippen LogP contribution >= 0.6 is 43.5 Å². The second-order valence-electron chi connectivity index (χ2n) is 4.63. The smallest absolute Gasteiger partial charge is 0.145 e. The summed E-state index contributed by atoms with van der Waals surface area (Å²) in [4.78, 5) is 0. The summed E-state index contributed by atoms with van der Waals surface area (Å²) < 4.78 is 15.8. The Morgan fingerprint density at radius 3 is 2.38 bits per heavy atom. The molecule has 0 aliphatic heterocycles. The Balaban J connectivity index is 2.43. The van der Waals surface area contributed by atoms with Gasteiger partial charge in [-0.2, -0.15) is 0 Å². The quantitative estimate of drug-likeness (QED) is 0.723. The Labute approximate surface area is 144 Å². The van der Waals surface area contributed by atoms with E-state index in [-0.39, 0.29) is 11.6 Å². The molecule has 2 rings (SSSR count). The predicted molar refractivity (Wildman–Crippen MR) is 90.0 cm³/mol. The average molecular weight is 438 g/mol. The SMILES string of the molecule is NCC(c1cccc(Cl)c1F)C(O)c1cc(Br)cc(Br)c1. The van der Waals surface area contributed by atoms with E-state index in [4.69, 9.17) is 17.3 Å². The summed E-state index contributed by atoms with van der Waals surface area (Å²) in [7, 11) is 0. The van der Waals surface area contributed by atoms with Crippen molar-refractivity contribution in [2.45, 2.75) is 12.0 Å². The van der Waals surface area contributed by atoms with E-state index in [0.29, 0.717) is 11.1 Å². The number of benzene rings is 2. The maximum Gasteiger partial charge on any atom is 0.145 e. The summed E-state index contributed by atoms with van der Waals surface area (Å²) in [5, 5.41) is 10.6. The second-order valence-corrected chi connectivity index (χ2v) is 6.87. The van der Waals surface area contributed by atoms with Gasteiger partial charge in [0.25, 0.3) is 0 Å². The van der Waals surface area contributed by atoms with Crippen molar-refractivity contribution in [2.24, 2.45) is 5.73 Å². The molecule has 2 aromatic carbocycles. The average Bonchev–Trinajstić information content (AvgIpc) is 2.43. The third-order valence-electron chi connectivity index (χ3n) is 3.24. The van der Waals surface area contributed by atoms with Gasteiger partial charge in [0.1, 0.15) is 5.82 Å². The van der Waals surface area contributed by atoms with Gasteiger partial charge < -0.3 is 10.8 Å². The second kappa shape index (κ2) is 7.20. The van der Waals surface area contributed by atoms with Gasteiger partial charge in [-0.1, -0.05) is 55.6 Å². The van der Waals surface area contributed by atoms with Gasteiger partial charge in [0.2, 0.25) is 0 Å². The van der Waals surface area contributed by atoms with Crippen LogP contribution in [-0.4, -0.2) is 11.7 Å². The van der Waals surface area contributed by atoms with Crippen molar-refractivity contribution in [1.29, 1.82) is 0 Å². The predicted octanol–water partition coefficient (Wildman–Crippen LogP) is 4.78. The van der Waals surface area contributed by atoms with Crippen molar-refractivity contribution in [3.63, 3.8) is 0 Å². The van der Waals surface area contributed by atoms with E-state index in [1.54, 1.807) is 24.3 Å². The number of aliphatic hydroxyl groups excluding tert-OH is 1. The Morgan fingerprint density at radius 2 is 1.81 bits per heavy atom. The minimum absolute atomic E-state index is 0.0218. The lowest BCUT2D eigenvalue weighted by molar-refractivity contribution is 0.145. The highest BCUT2D eigenvalue weighted by Crippen LogP contribution is 2.35. The molecule has 0 aromatic heterocycles. The van der Waals surface area contributed by atoms with Crippen LogP contribution in [0.15, 0.2) is 45.3 Å². The number of nitrogens with two attached hydrogens (primary N) is 1. The summed E-state index contributed by atoms with van der Waals surface area (Å²) in [5.74, 6) is -1.12. The van der Waals surface area contributed by atoms with Crippen molar-refractivity contribution < 1.29 is 9.50 Å². The number of hydrogen-bond donors (Lipinski definition) is 2. The highest BCUT2D eigenvalue weighted by molar-refractivity contribution is 9.11. The first kappa shape index (κ1) is 16.9. The summed E-state index contributed by atoms with van der Waals surface area (Å²) in [6.45, 7) is 0.0998. The van der Waals surface area contributed by atoms with Crippen LogP contribution in [0.25, 0.3) is 0 Å². The van der Waals surface area contributed by atoms with Gasteiger partial charge >= 0.3 is 0 Å². The Hall–Kier alpha value is -0.460. The van der Waals surface area contributed by atoms with E-state index in [9.17, 15) is 9.50 Å². The molecule has 0 aliphatic carbocycles. The monoisotopic (exact) mass is 435 g/mol. The molecule has 2 unspecified atom stereocenters. The van der Waals surface area contributed by atoms with Crippen molar-refractivity contribution in [3.8, 4) is 0 Å². The van der Waals surface area contributed by atoms with E-state index >= 15 is 0 Å². The topological polar surface area (TPSA) is 46.2 Å². The first-order valence-electron chi connectivity index (χ1n) is 6.22. The van der Waals surface area contributed by atoms with Crippen LogP contribution in [0.3, 0.4) is 0 Å². The van der Waals surface area contributed by atoms with Gasteiger partial charge in [-0.25, -0.2) is 4.39 Å². The van der Waals surface area contributed by atoms with Crippen molar-refractivity contribution in [3.05, 3.63) is 67.3 Å². The summed E-state index contributed by atoms with van der Waals surface area (Å²) in [6, 6.07) is 10.1. The van der Waals surface area contributed by atoms with Gasteiger partial charge in [-0.3, -0.25) is 0 Å². The molecule has 21 heavy (non-hydrogen) atoms. The molecular formula is C15H13Br2ClFNO. The van der Waals surface area contributed by atoms with E-state index in [0.717, 1.165) is 8.95 Å². The first-order valence-corrected chi connectivity index (χ1v) is 8.18. The maximum atomic E-state index is 14.2. The van der Waals surface area contributed by atoms with E-state index in [1.807, 2.05) is 6.07 Å². The molecule has 0 radical (unpaired) electrons. The molecule has 6 heteroatoms. The Kier molecular flexibility index (Phi) is 5.80. The van der Waals surface area contributed by atoms with Crippen LogP contribution < -0.4 is 5.73 Å². The minimum Gasteiger partial charge on any atom is -0.388 e. The lowest BCUT2D eigenvalue weighted by Crippen LogP contribution is -2.21. The van der Waals surface area contributed by atoms with Gasteiger partial charge in [0.15, 0.2) is 0 Å². The molecule has 2 nitrogen and oxygen atoms in total. The molecule has 2 atom stereocenters. The Bertz CT molecular complexity index is 633. The lowest BCUT2D eigenvalue weighted by atomic mass is 9.89. The zero-order valence-electron chi connectivity index (χ0n) is 10.9. The lowest BCUT2D eigenvalue weighted by Gasteiger charge is -2.23. The number of hydrogen-bond acceptors (Lipinski definition) is 2. The fraction of sp³-hybridized carbons (Fsp3) is 0.200. The third kappa shape index (κ3) is 3.85. The van der Waals surface area contributed by atoms with E-state index < -0.39 is 17.8 Å². The fourth-order valence-electron chi connectivity index (χ4n) is 2.21. The summed E-state index contributed by atoms with van der Waals surface area (Å²) in [5.41, 5.74) is 6.70. The molecular weight excluding hydrogens is 424 g/mol. The van der Waals surface area contributed by atoms with Gasteiger partial charge in [-0.15, -0.1) is 0 Å². The maximum absolute atomic E-state index is 14.2. The zero-order valence-corrected chi connectivity index (χ0v) is 14.8. The van der Waals surface area contributed by atoms with Gasteiger partial charge in [0, 0.05) is 21.4 Å². The molecule has 3 N–H and O–H groups in total. The van der Waals surface area contributed by atoms with Gasteiger partial charge in [0.05, 0.1) is 11.1 Å². The van der Waals surface area contributed by atoms with Crippen LogP contribution in [0.5, 0.6) is 0 Å². The molecule has 0 fully saturated rings. The minimum atomic E-state index is -0.934. The van der Waals surface area contributed by atoms with Crippen LogP contribution in [0.4, 0.5) is 4.39 Å². The van der Waals surface area contributed by atoms with Crippen molar-refractivity contribution in [2.75, 3.05) is 6.54 Å². The molecule has 2 aromatic rings. The third-order valence-corrected chi connectivity index (χ3v) is 4.45. The number of rotatable bonds is 4. The molecule has 112 valence electrons. The largest absolute Gasteiger partial charge is 0.388 e. The molecule has 0 spiro atoms. The van der Waals surface area contributed by atoms with Crippen LogP contribution in [-0.2, 0) is 0 Å². The molecule has 0 saturated carbocycles. The number of aliphatic hydroxyl groups is 1. The molecule has 0 amide bonds. The van der Waals surface area contributed by atoms with Crippen LogP contribution in [0.2, 0.25) is 5.02 Å². The normalized spacial score (nSPS) is 14.0. The highest BCUT2D eigenvalue weighted by atomic mass is 79.9. The zero-order chi connectivity index (χ0) is 15.6. The highest BCUT2D eigenvalue weighted by Gasteiger charge is 2.25. The van der Waals surface area contributed by atoms with E-state index in [1.165, 1.54) is 6.07 Å². The van der Waals surface area contributed by atoms with Crippen LogP contribution in [0.1, 0.15) is 23.1 Å². The summed E-state index contributed by atoms with van der Waals surface area (Å²) in [6.07, 6.45) is -0.934.